The molecule has 0 spiro atoms. The third-order valence-electron chi connectivity index (χ3n) is 3.62. The van der Waals surface area contributed by atoms with E-state index in [1.54, 1.807) is 0 Å². The van der Waals surface area contributed by atoms with Crippen LogP contribution >= 0.6 is 0 Å². The van der Waals surface area contributed by atoms with Crippen molar-refractivity contribution in [1.82, 2.24) is 4.90 Å². The van der Waals surface area contributed by atoms with E-state index in [9.17, 15) is 5.11 Å². The van der Waals surface area contributed by atoms with Gasteiger partial charge in [0.05, 0.1) is 0 Å². The molecule has 3 rings (SSSR count). The molecule has 1 heterocycles. The van der Waals surface area contributed by atoms with Crippen molar-refractivity contribution in [2.45, 2.75) is 26.6 Å². The second kappa shape index (κ2) is 4.46. The number of phenols is 1. The van der Waals surface area contributed by atoms with E-state index in [0.717, 1.165) is 30.8 Å². The lowest BCUT2D eigenvalue weighted by molar-refractivity contribution is 0.271. The molecule has 0 radical (unpaired) electrons. The van der Waals surface area contributed by atoms with Crippen LogP contribution in [0, 0.1) is 6.92 Å². The maximum absolute atomic E-state index is 10.0. The molecule has 0 atom stereocenters. The van der Waals surface area contributed by atoms with Crippen LogP contribution in [-0.4, -0.2) is 10.0 Å². The summed E-state index contributed by atoms with van der Waals surface area (Å²) in [6.07, 6.45) is 0. The van der Waals surface area contributed by atoms with E-state index in [1.807, 2.05) is 25.1 Å². The van der Waals surface area contributed by atoms with E-state index < -0.39 is 0 Å². The number of fused-ring (bicyclic) bond motifs is 1. The smallest absolute Gasteiger partial charge is 0.122 e. The van der Waals surface area contributed by atoms with E-state index >= 15 is 0 Å². The fraction of sp³-hybridized carbons (Fsp3) is 0.250. The summed E-state index contributed by atoms with van der Waals surface area (Å²) in [5.74, 6) is 0.438. The van der Waals surface area contributed by atoms with Gasteiger partial charge < -0.3 is 5.11 Å². The normalized spacial score (nSPS) is 14.7. The van der Waals surface area contributed by atoms with Crippen LogP contribution < -0.4 is 0 Å². The number of hydrogen-bond donors (Lipinski definition) is 1. The fourth-order valence-corrected chi connectivity index (χ4v) is 2.60. The van der Waals surface area contributed by atoms with Gasteiger partial charge in [0.1, 0.15) is 5.75 Å². The number of benzene rings is 2. The zero-order valence-corrected chi connectivity index (χ0v) is 10.6. The minimum atomic E-state index is 0.438. The Kier molecular flexibility index (Phi) is 2.80. The number of aryl methyl sites for hydroxylation is 1. The van der Waals surface area contributed by atoms with E-state index in [-0.39, 0.29) is 0 Å². The number of phenolic OH excluding ortho intramolecular Hbond substituents is 1. The van der Waals surface area contributed by atoms with Crippen LogP contribution in [0.25, 0.3) is 0 Å². The van der Waals surface area contributed by atoms with Gasteiger partial charge in [0.25, 0.3) is 0 Å². The van der Waals surface area contributed by atoms with Crippen molar-refractivity contribution in [3.8, 4) is 5.75 Å². The van der Waals surface area contributed by atoms with Crippen LogP contribution in [0.2, 0.25) is 0 Å². The van der Waals surface area contributed by atoms with Gasteiger partial charge in [-0.3, -0.25) is 4.90 Å². The molecule has 0 aromatic heterocycles. The summed E-state index contributed by atoms with van der Waals surface area (Å²) < 4.78 is 0. The maximum atomic E-state index is 10.0. The summed E-state index contributed by atoms with van der Waals surface area (Å²) in [6.45, 7) is 4.70. The predicted octanol–water partition coefficient (Wildman–Crippen LogP) is 3.22. The van der Waals surface area contributed by atoms with Crippen molar-refractivity contribution >= 4 is 0 Å². The number of rotatable bonds is 2. The van der Waals surface area contributed by atoms with Crippen LogP contribution in [-0.2, 0) is 19.6 Å². The second-order valence-corrected chi connectivity index (χ2v) is 5.00. The summed E-state index contributed by atoms with van der Waals surface area (Å²) in [6, 6.07) is 14.5. The molecule has 0 unspecified atom stereocenters. The molecule has 18 heavy (non-hydrogen) atoms. The third-order valence-corrected chi connectivity index (χ3v) is 3.62. The summed E-state index contributed by atoms with van der Waals surface area (Å²) in [5.41, 5.74) is 4.78. The molecule has 2 heteroatoms. The van der Waals surface area contributed by atoms with E-state index in [4.69, 9.17) is 0 Å². The first kappa shape index (κ1) is 11.3. The van der Waals surface area contributed by atoms with Gasteiger partial charge in [-0.05, 0) is 23.6 Å². The Morgan fingerprint density at radius 2 is 1.67 bits per heavy atom. The molecule has 1 aliphatic rings. The Bertz CT molecular complexity index is 552. The number of para-hydroxylation sites is 1. The number of aromatic hydroxyl groups is 1. The Labute approximate surface area is 107 Å². The zero-order chi connectivity index (χ0) is 12.5. The first-order valence-electron chi connectivity index (χ1n) is 6.30. The predicted molar refractivity (Wildman–Crippen MR) is 72.2 cm³/mol. The monoisotopic (exact) mass is 239 g/mol. The van der Waals surface area contributed by atoms with Crippen molar-refractivity contribution in [1.29, 1.82) is 0 Å². The molecule has 0 fully saturated rings. The lowest BCUT2D eigenvalue weighted by Gasteiger charge is -2.16. The van der Waals surface area contributed by atoms with Crippen LogP contribution in [0.3, 0.4) is 0 Å². The fourth-order valence-electron chi connectivity index (χ4n) is 2.60. The van der Waals surface area contributed by atoms with Crippen LogP contribution in [0.4, 0.5) is 0 Å². The molecule has 92 valence electrons. The van der Waals surface area contributed by atoms with Gasteiger partial charge in [0.15, 0.2) is 0 Å². The second-order valence-electron chi connectivity index (χ2n) is 5.00. The molecular weight excluding hydrogens is 222 g/mol. The van der Waals surface area contributed by atoms with Crippen LogP contribution in [0.1, 0.15) is 22.3 Å². The first-order valence-corrected chi connectivity index (χ1v) is 6.30. The van der Waals surface area contributed by atoms with Crippen molar-refractivity contribution < 1.29 is 5.11 Å². The molecule has 2 nitrogen and oxygen atoms in total. The number of nitrogens with zero attached hydrogens (tertiary/aromatic N) is 1. The SMILES string of the molecule is Cc1cccc(CN2Cc3ccccc3C2)c1O. The summed E-state index contributed by atoms with van der Waals surface area (Å²) >= 11 is 0. The minimum Gasteiger partial charge on any atom is -0.507 e. The molecular formula is C16H17NO. The zero-order valence-electron chi connectivity index (χ0n) is 10.6. The molecule has 2 aromatic carbocycles. The van der Waals surface area contributed by atoms with Gasteiger partial charge in [-0.2, -0.15) is 0 Å². The quantitative estimate of drug-likeness (QED) is 0.869. The highest BCUT2D eigenvalue weighted by atomic mass is 16.3. The minimum absolute atomic E-state index is 0.438. The Hall–Kier alpha value is -1.80. The van der Waals surface area contributed by atoms with Crippen molar-refractivity contribution in [3.05, 3.63) is 64.7 Å². The lowest BCUT2D eigenvalue weighted by Crippen LogP contribution is -2.15. The third kappa shape index (κ3) is 2.00. The first-order chi connectivity index (χ1) is 8.74. The lowest BCUT2D eigenvalue weighted by atomic mass is 10.1. The van der Waals surface area contributed by atoms with Crippen molar-refractivity contribution in [2.75, 3.05) is 0 Å². The summed E-state index contributed by atoms with van der Waals surface area (Å²) in [4.78, 5) is 2.36. The number of hydrogen-bond acceptors (Lipinski definition) is 2. The average Bonchev–Trinajstić information content (AvgIpc) is 2.77. The topological polar surface area (TPSA) is 23.5 Å². The molecule has 0 saturated carbocycles. The molecule has 0 amide bonds. The molecule has 0 saturated heterocycles. The summed E-state index contributed by atoms with van der Waals surface area (Å²) in [7, 11) is 0. The van der Waals surface area contributed by atoms with Gasteiger partial charge in [-0.25, -0.2) is 0 Å². The highest BCUT2D eigenvalue weighted by Crippen LogP contribution is 2.28. The standard InChI is InChI=1S/C16H17NO/c1-12-5-4-8-15(16(12)18)11-17-9-13-6-2-3-7-14(13)10-17/h2-8,18H,9-11H2,1H3. The van der Waals surface area contributed by atoms with E-state index in [1.165, 1.54) is 11.1 Å². The van der Waals surface area contributed by atoms with Gasteiger partial charge in [-0.15, -0.1) is 0 Å². The molecule has 1 aliphatic heterocycles. The molecule has 0 aliphatic carbocycles. The Morgan fingerprint density at radius 1 is 1.00 bits per heavy atom. The van der Waals surface area contributed by atoms with Gasteiger partial charge in [0, 0.05) is 25.2 Å². The van der Waals surface area contributed by atoms with Crippen molar-refractivity contribution in [3.63, 3.8) is 0 Å². The van der Waals surface area contributed by atoms with Gasteiger partial charge in [0.2, 0.25) is 0 Å². The highest BCUT2D eigenvalue weighted by Gasteiger charge is 2.19. The van der Waals surface area contributed by atoms with Crippen molar-refractivity contribution in [2.24, 2.45) is 0 Å². The Balaban J connectivity index is 1.78. The highest BCUT2D eigenvalue weighted by molar-refractivity contribution is 5.40. The molecule has 2 aromatic rings. The van der Waals surface area contributed by atoms with Crippen LogP contribution in [0.5, 0.6) is 5.75 Å². The van der Waals surface area contributed by atoms with E-state index in [0.29, 0.717) is 5.75 Å². The largest absolute Gasteiger partial charge is 0.507 e. The van der Waals surface area contributed by atoms with Gasteiger partial charge >= 0.3 is 0 Å². The molecule has 0 bridgehead atoms. The van der Waals surface area contributed by atoms with Crippen LogP contribution in [0.15, 0.2) is 42.5 Å². The Morgan fingerprint density at radius 3 is 2.33 bits per heavy atom. The maximum Gasteiger partial charge on any atom is 0.122 e. The molecule has 1 N–H and O–H groups in total. The van der Waals surface area contributed by atoms with E-state index in [2.05, 4.69) is 29.2 Å². The van der Waals surface area contributed by atoms with Gasteiger partial charge in [-0.1, -0.05) is 42.5 Å². The average molecular weight is 239 g/mol. The summed E-state index contributed by atoms with van der Waals surface area (Å²) in [5, 5.41) is 10.0.